The Bertz CT molecular complexity index is 414. The van der Waals surface area contributed by atoms with Gasteiger partial charge in [0.2, 0.25) is 0 Å². The Balaban J connectivity index is 1.91. The van der Waals surface area contributed by atoms with Crippen molar-refractivity contribution in [1.29, 1.82) is 0 Å². The van der Waals surface area contributed by atoms with Crippen molar-refractivity contribution in [2.75, 3.05) is 0 Å². The monoisotopic (exact) mass is 233 g/mol. The van der Waals surface area contributed by atoms with Gasteiger partial charge < -0.3 is 0 Å². The van der Waals surface area contributed by atoms with Crippen LogP contribution in [0, 0.1) is 11.8 Å². The van der Waals surface area contributed by atoms with E-state index in [4.69, 9.17) is 11.6 Å². The molecule has 0 aromatic heterocycles. The van der Waals surface area contributed by atoms with Crippen molar-refractivity contribution in [3.63, 3.8) is 0 Å². The molecule has 3 aliphatic rings. The Labute approximate surface area is 102 Å². The highest BCUT2D eigenvalue weighted by atomic mass is 35.5. The van der Waals surface area contributed by atoms with Crippen LogP contribution < -0.4 is 0 Å². The summed E-state index contributed by atoms with van der Waals surface area (Å²) < 4.78 is 0. The first kappa shape index (κ1) is 10.3. The van der Waals surface area contributed by atoms with E-state index in [1.54, 1.807) is 5.57 Å². The quantitative estimate of drug-likeness (QED) is 0.475. The summed E-state index contributed by atoms with van der Waals surface area (Å²) in [6.45, 7) is 0. The molecule has 1 aliphatic heterocycles. The van der Waals surface area contributed by atoms with E-state index in [1.165, 1.54) is 31.3 Å². The molecule has 0 aromatic carbocycles. The molecule has 0 spiro atoms. The summed E-state index contributed by atoms with van der Waals surface area (Å²) in [7, 11) is 0. The molecular weight excluding hydrogens is 218 g/mol. The number of hydrogen-bond acceptors (Lipinski definition) is 1. The molecule has 1 heterocycles. The van der Waals surface area contributed by atoms with E-state index >= 15 is 0 Å². The van der Waals surface area contributed by atoms with Crippen molar-refractivity contribution >= 4 is 17.8 Å². The zero-order valence-electron chi connectivity index (χ0n) is 9.32. The number of rotatable bonds is 1. The van der Waals surface area contributed by atoms with Crippen molar-refractivity contribution in [1.82, 2.24) is 0 Å². The Morgan fingerprint density at radius 3 is 2.94 bits per heavy atom. The summed E-state index contributed by atoms with van der Waals surface area (Å²) in [6, 6.07) is 0. The lowest BCUT2D eigenvalue weighted by Crippen LogP contribution is -2.06. The standard InChI is InChI=1S/C14H16ClN/c15-14-9-13(10-4-2-1-3-5-10)12-8-11(12)6-7-16-14/h1-2,7,9-11H,3-6,8H2/b13-12+,14-9-,16-7+. The van der Waals surface area contributed by atoms with Crippen LogP contribution in [0.5, 0.6) is 0 Å². The predicted octanol–water partition coefficient (Wildman–Crippen LogP) is 4.21. The zero-order valence-corrected chi connectivity index (χ0v) is 10.1. The van der Waals surface area contributed by atoms with Crippen molar-refractivity contribution in [2.24, 2.45) is 16.8 Å². The minimum Gasteiger partial charge on any atom is -0.249 e. The number of fused-ring (bicyclic) bond motifs is 1. The summed E-state index contributed by atoms with van der Waals surface area (Å²) in [6.07, 6.45) is 14.7. The molecule has 0 bridgehead atoms. The normalized spacial score (nSPS) is 42.7. The van der Waals surface area contributed by atoms with Crippen LogP contribution in [0.25, 0.3) is 0 Å². The molecule has 2 atom stereocenters. The first-order valence-electron chi connectivity index (χ1n) is 6.12. The maximum atomic E-state index is 6.10. The second-order valence-electron chi connectivity index (χ2n) is 4.88. The molecule has 2 aliphatic carbocycles. The molecule has 0 N–H and O–H groups in total. The van der Waals surface area contributed by atoms with E-state index in [-0.39, 0.29) is 0 Å². The van der Waals surface area contributed by atoms with Crippen LogP contribution >= 0.6 is 11.6 Å². The van der Waals surface area contributed by atoms with Gasteiger partial charge in [-0.25, -0.2) is 4.99 Å². The number of halogens is 1. The van der Waals surface area contributed by atoms with Gasteiger partial charge in [-0.2, -0.15) is 0 Å². The molecule has 16 heavy (non-hydrogen) atoms. The van der Waals surface area contributed by atoms with Gasteiger partial charge in [0.15, 0.2) is 0 Å². The highest BCUT2D eigenvalue weighted by Crippen LogP contribution is 2.47. The van der Waals surface area contributed by atoms with Crippen LogP contribution in [0.3, 0.4) is 0 Å². The topological polar surface area (TPSA) is 12.4 Å². The fraction of sp³-hybridized carbons (Fsp3) is 0.500. The smallest absolute Gasteiger partial charge is 0.128 e. The molecule has 1 fully saturated rings. The number of nitrogens with zero attached hydrogens (tertiary/aromatic N) is 1. The molecule has 2 heteroatoms. The Kier molecular flexibility index (Phi) is 2.72. The van der Waals surface area contributed by atoms with Crippen LogP contribution in [0.4, 0.5) is 0 Å². The highest BCUT2D eigenvalue weighted by Gasteiger charge is 2.34. The van der Waals surface area contributed by atoms with Crippen molar-refractivity contribution in [3.05, 3.63) is 34.5 Å². The van der Waals surface area contributed by atoms with E-state index < -0.39 is 0 Å². The lowest BCUT2D eigenvalue weighted by molar-refractivity contribution is 0.560. The van der Waals surface area contributed by atoms with Crippen molar-refractivity contribution in [2.45, 2.75) is 32.1 Å². The Morgan fingerprint density at radius 2 is 2.12 bits per heavy atom. The van der Waals surface area contributed by atoms with Gasteiger partial charge in [-0.1, -0.05) is 29.3 Å². The molecule has 84 valence electrons. The number of aliphatic imine (C=N–C) groups is 1. The fourth-order valence-corrected chi connectivity index (χ4v) is 2.95. The van der Waals surface area contributed by atoms with E-state index in [1.807, 2.05) is 6.21 Å². The summed E-state index contributed by atoms with van der Waals surface area (Å²) in [5.41, 5.74) is 3.14. The van der Waals surface area contributed by atoms with E-state index in [9.17, 15) is 0 Å². The van der Waals surface area contributed by atoms with Crippen LogP contribution in [-0.2, 0) is 0 Å². The minimum absolute atomic E-state index is 0.655. The second kappa shape index (κ2) is 4.21. The summed E-state index contributed by atoms with van der Waals surface area (Å²) in [4.78, 5) is 4.26. The van der Waals surface area contributed by atoms with E-state index in [0.29, 0.717) is 11.1 Å². The molecule has 0 aromatic rings. The molecule has 1 saturated carbocycles. The van der Waals surface area contributed by atoms with Crippen LogP contribution in [-0.4, -0.2) is 6.21 Å². The summed E-state index contributed by atoms with van der Waals surface area (Å²) >= 11 is 6.10. The molecule has 0 amide bonds. The SMILES string of the molecule is ClC1=C/C(C2CC=CCC2)=C2/CC2C\C=N\1. The molecule has 3 rings (SSSR count). The second-order valence-corrected chi connectivity index (χ2v) is 5.26. The van der Waals surface area contributed by atoms with Gasteiger partial charge in [0.1, 0.15) is 5.16 Å². The molecule has 1 nitrogen and oxygen atoms in total. The number of allylic oxidation sites excluding steroid dienone is 5. The summed E-state index contributed by atoms with van der Waals surface area (Å²) in [5.74, 6) is 1.46. The molecule has 2 unspecified atom stereocenters. The predicted molar refractivity (Wildman–Crippen MR) is 68.7 cm³/mol. The van der Waals surface area contributed by atoms with Crippen molar-refractivity contribution < 1.29 is 0 Å². The van der Waals surface area contributed by atoms with Gasteiger partial charge in [0.05, 0.1) is 0 Å². The molecular formula is C14H16ClN. The number of hydrogen-bond donors (Lipinski definition) is 0. The lowest BCUT2D eigenvalue weighted by atomic mass is 9.86. The van der Waals surface area contributed by atoms with Gasteiger partial charge in [0.25, 0.3) is 0 Å². The first-order chi connectivity index (χ1) is 7.84. The molecule has 0 radical (unpaired) electrons. The third-order valence-electron chi connectivity index (χ3n) is 3.76. The third kappa shape index (κ3) is 2.01. The van der Waals surface area contributed by atoms with E-state index in [2.05, 4.69) is 23.2 Å². The Hall–Kier alpha value is -0.820. The van der Waals surface area contributed by atoms with Crippen LogP contribution in [0.1, 0.15) is 32.1 Å². The zero-order chi connectivity index (χ0) is 11.0. The fourth-order valence-electron chi connectivity index (χ4n) is 2.77. The van der Waals surface area contributed by atoms with E-state index in [0.717, 1.165) is 12.3 Å². The van der Waals surface area contributed by atoms with Gasteiger partial charge >= 0.3 is 0 Å². The first-order valence-corrected chi connectivity index (χ1v) is 6.50. The lowest BCUT2D eigenvalue weighted by Gasteiger charge is -2.20. The average molecular weight is 234 g/mol. The van der Waals surface area contributed by atoms with Crippen LogP contribution in [0.15, 0.2) is 39.5 Å². The van der Waals surface area contributed by atoms with Crippen molar-refractivity contribution in [3.8, 4) is 0 Å². The summed E-state index contributed by atoms with van der Waals surface area (Å²) in [5, 5.41) is 0.655. The van der Waals surface area contributed by atoms with Gasteiger partial charge in [-0.15, -0.1) is 0 Å². The van der Waals surface area contributed by atoms with Gasteiger partial charge in [0, 0.05) is 6.21 Å². The Morgan fingerprint density at radius 1 is 1.19 bits per heavy atom. The maximum Gasteiger partial charge on any atom is 0.128 e. The third-order valence-corrected chi connectivity index (χ3v) is 3.96. The van der Waals surface area contributed by atoms with Gasteiger partial charge in [-0.05, 0) is 55.6 Å². The van der Waals surface area contributed by atoms with Crippen LogP contribution in [0.2, 0.25) is 0 Å². The van der Waals surface area contributed by atoms with Gasteiger partial charge in [-0.3, -0.25) is 0 Å². The highest BCUT2D eigenvalue weighted by molar-refractivity contribution is 6.30. The minimum atomic E-state index is 0.655. The maximum absolute atomic E-state index is 6.10. The molecule has 0 saturated heterocycles. The average Bonchev–Trinajstić information content (AvgIpc) is 3.03. The largest absolute Gasteiger partial charge is 0.249 e.